The molecule has 0 atom stereocenters. The number of aromatic nitrogens is 2. The molecule has 0 unspecified atom stereocenters. The molecule has 4 nitrogen and oxygen atoms in total. The predicted octanol–water partition coefficient (Wildman–Crippen LogP) is 2.12. The van der Waals surface area contributed by atoms with Crippen molar-refractivity contribution in [2.45, 2.75) is 25.4 Å². The van der Waals surface area contributed by atoms with E-state index in [-0.39, 0.29) is 18.3 Å². The third kappa shape index (κ3) is 2.15. The van der Waals surface area contributed by atoms with E-state index in [9.17, 15) is 9.18 Å². The molecular formula is C12H12FN3OS. The van der Waals surface area contributed by atoms with E-state index in [1.807, 2.05) is 0 Å². The number of aromatic amines is 1. The number of rotatable bonds is 3. The van der Waals surface area contributed by atoms with Crippen molar-refractivity contribution in [2.75, 3.05) is 0 Å². The van der Waals surface area contributed by atoms with Gasteiger partial charge in [-0.3, -0.25) is 4.79 Å². The van der Waals surface area contributed by atoms with Crippen LogP contribution < -0.4 is 5.32 Å². The molecular weight excluding hydrogens is 253 g/mol. The molecule has 18 heavy (non-hydrogen) atoms. The quantitative estimate of drug-likeness (QED) is 0.835. The highest BCUT2D eigenvalue weighted by molar-refractivity contribution is 7.71. The molecule has 2 aromatic rings. The third-order valence-corrected chi connectivity index (χ3v) is 3.30. The van der Waals surface area contributed by atoms with E-state index in [4.69, 9.17) is 12.2 Å². The summed E-state index contributed by atoms with van der Waals surface area (Å²) in [5.74, 6) is -0.382. The van der Waals surface area contributed by atoms with Crippen LogP contribution >= 0.6 is 12.2 Å². The van der Waals surface area contributed by atoms with Crippen LogP contribution in [-0.2, 0) is 11.3 Å². The van der Waals surface area contributed by atoms with Gasteiger partial charge in [0.25, 0.3) is 0 Å². The first-order valence-corrected chi connectivity index (χ1v) is 6.22. The van der Waals surface area contributed by atoms with Crippen LogP contribution in [0.5, 0.6) is 0 Å². The molecule has 0 aliphatic heterocycles. The summed E-state index contributed by atoms with van der Waals surface area (Å²) in [5, 5.41) is 2.90. The molecule has 94 valence electrons. The summed E-state index contributed by atoms with van der Waals surface area (Å²) in [4.78, 5) is 14.7. The maximum atomic E-state index is 13.1. The molecule has 1 amide bonds. The fourth-order valence-corrected chi connectivity index (χ4v) is 2.21. The summed E-state index contributed by atoms with van der Waals surface area (Å²) in [6.07, 6.45) is 2.10. The minimum Gasteiger partial charge on any atom is -0.352 e. The lowest BCUT2D eigenvalue weighted by Gasteiger charge is -2.05. The number of amides is 1. The van der Waals surface area contributed by atoms with Crippen molar-refractivity contribution in [3.8, 4) is 0 Å². The van der Waals surface area contributed by atoms with Crippen molar-refractivity contribution in [2.24, 2.45) is 0 Å². The SMILES string of the molecule is O=C(Cn1c(=S)[nH]c2cc(F)ccc21)NC1CC1. The molecule has 1 aliphatic rings. The summed E-state index contributed by atoms with van der Waals surface area (Å²) in [6, 6.07) is 4.69. The van der Waals surface area contributed by atoms with Crippen molar-refractivity contribution in [1.82, 2.24) is 14.9 Å². The van der Waals surface area contributed by atoms with Crippen molar-refractivity contribution in [1.29, 1.82) is 0 Å². The Kier molecular flexibility index (Phi) is 2.66. The first-order chi connectivity index (χ1) is 8.63. The van der Waals surface area contributed by atoms with Crippen LogP contribution in [0.4, 0.5) is 4.39 Å². The summed E-state index contributed by atoms with van der Waals surface area (Å²) >= 11 is 5.15. The van der Waals surface area contributed by atoms with E-state index in [1.54, 1.807) is 10.6 Å². The minimum atomic E-state index is -0.326. The van der Waals surface area contributed by atoms with Crippen LogP contribution in [0.3, 0.4) is 0 Å². The van der Waals surface area contributed by atoms with Crippen LogP contribution in [0.2, 0.25) is 0 Å². The second-order valence-corrected chi connectivity index (χ2v) is 4.91. The van der Waals surface area contributed by atoms with Crippen molar-refractivity contribution in [3.05, 3.63) is 28.8 Å². The number of nitrogens with one attached hydrogen (secondary N) is 2. The van der Waals surface area contributed by atoms with Gasteiger partial charge in [0.2, 0.25) is 5.91 Å². The monoisotopic (exact) mass is 265 g/mol. The van der Waals surface area contributed by atoms with E-state index in [1.165, 1.54) is 12.1 Å². The Bertz CT molecular complexity index is 672. The molecule has 1 aromatic heterocycles. The number of carbonyl (C=O) groups is 1. The minimum absolute atomic E-state index is 0.0566. The Morgan fingerprint density at radius 1 is 1.56 bits per heavy atom. The Balaban J connectivity index is 1.92. The summed E-state index contributed by atoms with van der Waals surface area (Å²) in [6.45, 7) is 0.168. The van der Waals surface area contributed by atoms with Gasteiger partial charge in [-0.1, -0.05) is 0 Å². The first kappa shape index (κ1) is 11.4. The van der Waals surface area contributed by atoms with Gasteiger partial charge in [0.15, 0.2) is 4.77 Å². The standard InChI is InChI=1S/C12H12FN3OS/c13-7-1-4-10-9(5-7)15-12(18)16(10)6-11(17)14-8-2-3-8/h1,4-5,8H,2-3,6H2,(H,14,17)(H,15,18). The van der Waals surface area contributed by atoms with E-state index in [2.05, 4.69) is 10.3 Å². The zero-order valence-corrected chi connectivity index (χ0v) is 10.4. The molecule has 1 heterocycles. The van der Waals surface area contributed by atoms with Gasteiger partial charge in [-0.15, -0.1) is 0 Å². The molecule has 2 N–H and O–H groups in total. The lowest BCUT2D eigenvalue weighted by molar-refractivity contribution is -0.121. The highest BCUT2D eigenvalue weighted by Crippen LogP contribution is 2.19. The van der Waals surface area contributed by atoms with Crippen molar-refractivity contribution >= 4 is 29.2 Å². The molecule has 0 radical (unpaired) electrons. The van der Waals surface area contributed by atoms with Gasteiger partial charge in [0, 0.05) is 6.04 Å². The van der Waals surface area contributed by atoms with Gasteiger partial charge >= 0.3 is 0 Å². The number of nitrogens with zero attached hydrogens (tertiary/aromatic N) is 1. The average molecular weight is 265 g/mol. The molecule has 0 spiro atoms. The van der Waals surface area contributed by atoms with Crippen molar-refractivity contribution < 1.29 is 9.18 Å². The van der Waals surface area contributed by atoms with E-state index >= 15 is 0 Å². The van der Waals surface area contributed by atoms with Crippen LogP contribution in [0.1, 0.15) is 12.8 Å². The van der Waals surface area contributed by atoms with Gasteiger partial charge in [-0.05, 0) is 43.3 Å². The number of hydrogen-bond acceptors (Lipinski definition) is 2. The Morgan fingerprint density at radius 2 is 2.33 bits per heavy atom. The van der Waals surface area contributed by atoms with Crippen LogP contribution in [0.15, 0.2) is 18.2 Å². The predicted molar refractivity (Wildman–Crippen MR) is 68.2 cm³/mol. The third-order valence-electron chi connectivity index (χ3n) is 2.98. The Labute approximate surface area is 108 Å². The fourth-order valence-electron chi connectivity index (χ4n) is 1.94. The van der Waals surface area contributed by atoms with E-state index < -0.39 is 0 Å². The van der Waals surface area contributed by atoms with Crippen LogP contribution in [0.25, 0.3) is 11.0 Å². The summed E-state index contributed by atoms with van der Waals surface area (Å²) in [7, 11) is 0. The van der Waals surface area contributed by atoms with Gasteiger partial charge in [-0.2, -0.15) is 0 Å². The maximum absolute atomic E-state index is 13.1. The molecule has 6 heteroatoms. The zero-order valence-electron chi connectivity index (χ0n) is 9.57. The summed E-state index contributed by atoms with van der Waals surface area (Å²) < 4.78 is 15.2. The number of imidazole rings is 1. The number of H-pyrrole nitrogens is 1. The molecule has 1 aliphatic carbocycles. The van der Waals surface area contributed by atoms with Crippen LogP contribution in [-0.4, -0.2) is 21.5 Å². The number of benzene rings is 1. The number of carbonyl (C=O) groups excluding carboxylic acids is 1. The Hall–Kier alpha value is -1.69. The smallest absolute Gasteiger partial charge is 0.240 e. The number of hydrogen-bond donors (Lipinski definition) is 2. The van der Waals surface area contributed by atoms with Gasteiger partial charge in [-0.25, -0.2) is 4.39 Å². The number of halogens is 1. The second kappa shape index (κ2) is 4.20. The largest absolute Gasteiger partial charge is 0.352 e. The van der Waals surface area contributed by atoms with Crippen LogP contribution in [0, 0.1) is 10.6 Å². The fraction of sp³-hybridized carbons (Fsp3) is 0.333. The second-order valence-electron chi connectivity index (χ2n) is 4.52. The lowest BCUT2D eigenvalue weighted by atomic mass is 10.3. The normalized spacial score (nSPS) is 14.9. The van der Waals surface area contributed by atoms with Gasteiger partial charge in [0.05, 0.1) is 11.0 Å². The highest BCUT2D eigenvalue weighted by atomic mass is 32.1. The van der Waals surface area contributed by atoms with Crippen molar-refractivity contribution in [3.63, 3.8) is 0 Å². The van der Waals surface area contributed by atoms with E-state index in [0.717, 1.165) is 18.4 Å². The first-order valence-electron chi connectivity index (χ1n) is 5.81. The Morgan fingerprint density at radius 3 is 3.06 bits per heavy atom. The molecule has 0 bridgehead atoms. The summed E-state index contributed by atoms with van der Waals surface area (Å²) in [5.41, 5.74) is 1.35. The topological polar surface area (TPSA) is 49.8 Å². The molecule has 1 saturated carbocycles. The average Bonchev–Trinajstić information content (AvgIpc) is 3.05. The molecule has 3 rings (SSSR count). The van der Waals surface area contributed by atoms with E-state index in [0.29, 0.717) is 16.3 Å². The van der Waals surface area contributed by atoms with Gasteiger partial charge < -0.3 is 14.9 Å². The zero-order chi connectivity index (χ0) is 12.7. The molecule has 0 saturated heterocycles. The number of fused-ring (bicyclic) bond motifs is 1. The maximum Gasteiger partial charge on any atom is 0.240 e. The lowest BCUT2D eigenvalue weighted by Crippen LogP contribution is -2.29. The molecule has 1 aromatic carbocycles. The van der Waals surface area contributed by atoms with Gasteiger partial charge in [0.1, 0.15) is 12.4 Å². The molecule has 1 fully saturated rings. The highest BCUT2D eigenvalue weighted by Gasteiger charge is 2.23.